The summed E-state index contributed by atoms with van der Waals surface area (Å²) < 4.78 is 5.63. The first-order valence-electron chi connectivity index (χ1n) is 5.56. The Balaban J connectivity index is 1.97. The fourth-order valence-corrected chi connectivity index (χ4v) is 2.47. The second-order valence-corrected chi connectivity index (χ2v) is 10.8. The molecule has 0 amide bonds. The molecule has 0 N–H and O–H groups in total. The van der Waals surface area contributed by atoms with Gasteiger partial charge in [-0.2, -0.15) is 0 Å². The van der Waals surface area contributed by atoms with Crippen LogP contribution in [0.4, 0.5) is 0 Å². The summed E-state index contributed by atoms with van der Waals surface area (Å²) in [5, 5.41) is 0.776. The van der Waals surface area contributed by atoms with Crippen LogP contribution >= 0.6 is 11.6 Å². The van der Waals surface area contributed by atoms with E-state index >= 15 is 0 Å². The van der Waals surface area contributed by atoms with Gasteiger partial charge in [0.1, 0.15) is 12.2 Å². The van der Waals surface area contributed by atoms with Crippen molar-refractivity contribution in [2.75, 3.05) is 0 Å². The lowest BCUT2D eigenvalue weighted by atomic mass is 10.1. The molecule has 0 radical (unpaired) electrons. The van der Waals surface area contributed by atoms with Crippen molar-refractivity contribution in [2.45, 2.75) is 31.8 Å². The minimum atomic E-state index is -1.10. The van der Waals surface area contributed by atoms with E-state index in [1.54, 1.807) is 0 Å². The summed E-state index contributed by atoms with van der Waals surface area (Å²) in [7, 11) is -1.10. The third kappa shape index (κ3) is 3.21. The number of hydrogen-bond acceptors (Lipinski definition) is 1. The molecule has 1 aliphatic heterocycles. The second-order valence-electron chi connectivity index (χ2n) is 5.30. The maximum atomic E-state index is 5.84. The molecule has 0 bridgehead atoms. The minimum absolute atomic E-state index is 0.241. The van der Waals surface area contributed by atoms with Gasteiger partial charge in [0, 0.05) is 5.02 Å². The first-order valence-corrected chi connectivity index (χ1v) is 9.51. The summed E-state index contributed by atoms with van der Waals surface area (Å²) >= 11 is 5.84. The van der Waals surface area contributed by atoms with Gasteiger partial charge in [0.2, 0.25) is 0 Å². The van der Waals surface area contributed by atoms with Crippen LogP contribution in [-0.4, -0.2) is 14.2 Å². The molecule has 1 saturated heterocycles. The molecule has 86 valence electrons. The van der Waals surface area contributed by atoms with Gasteiger partial charge in [-0.15, -0.1) is 0 Å². The molecule has 3 heteroatoms. The fourth-order valence-electron chi connectivity index (χ4n) is 1.57. The molecule has 1 nitrogen and oxygen atoms in total. The van der Waals surface area contributed by atoms with Crippen molar-refractivity contribution in [1.82, 2.24) is 0 Å². The van der Waals surface area contributed by atoms with Crippen molar-refractivity contribution < 1.29 is 4.74 Å². The van der Waals surface area contributed by atoms with Crippen molar-refractivity contribution >= 4 is 19.7 Å². The number of epoxide rings is 1. The predicted molar refractivity (Wildman–Crippen MR) is 71.6 cm³/mol. The molecule has 16 heavy (non-hydrogen) atoms. The zero-order chi connectivity index (χ0) is 11.8. The van der Waals surface area contributed by atoms with E-state index in [2.05, 4.69) is 31.4 Å². The molecule has 0 aliphatic carbocycles. The van der Waals surface area contributed by atoms with E-state index in [0.29, 0.717) is 0 Å². The molecule has 1 aliphatic rings. The molecule has 1 heterocycles. The number of rotatable bonds is 3. The van der Waals surface area contributed by atoms with Gasteiger partial charge in [-0.3, -0.25) is 0 Å². The molecule has 0 unspecified atom stereocenters. The van der Waals surface area contributed by atoms with E-state index in [0.717, 1.165) is 5.02 Å². The lowest BCUT2D eigenvalue weighted by molar-refractivity contribution is 0.394. The van der Waals surface area contributed by atoms with Crippen LogP contribution in [0.25, 0.3) is 0 Å². The Morgan fingerprint density at radius 2 is 1.81 bits per heavy atom. The zero-order valence-corrected chi connectivity index (χ0v) is 11.7. The quantitative estimate of drug-likeness (QED) is 0.580. The van der Waals surface area contributed by atoms with Crippen LogP contribution in [0.15, 0.2) is 36.0 Å². The molecular weight excluding hydrogens is 236 g/mol. The van der Waals surface area contributed by atoms with Gasteiger partial charge in [0.15, 0.2) is 0 Å². The second kappa shape index (κ2) is 4.36. The normalized spacial score (nSPS) is 25.0. The highest BCUT2D eigenvalue weighted by Crippen LogP contribution is 2.40. The van der Waals surface area contributed by atoms with Crippen molar-refractivity contribution in [2.24, 2.45) is 0 Å². The van der Waals surface area contributed by atoms with Gasteiger partial charge in [-0.1, -0.05) is 55.2 Å². The smallest absolute Gasteiger partial charge is 0.113 e. The maximum Gasteiger partial charge on any atom is 0.113 e. The third-order valence-electron chi connectivity index (χ3n) is 2.51. The molecule has 0 spiro atoms. The van der Waals surface area contributed by atoms with E-state index in [1.807, 2.05) is 24.3 Å². The van der Waals surface area contributed by atoms with E-state index < -0.39 is 8.07 Å². The van der Waals surface area contributed by atoms with E-state index in [-0.39, 0.29) is 12.2 Å². The Hall–Kier alpha value is -0.573. The van der Waals surface area contributed by atoms with E-state index in [4.69, 9.17) is 16.3 Å². The van der Waals surface area contributed by atoms with Crippen LogP contribution in [0.2, 0.25) is 24.7 Å². The number of hydrogen-bond donors (Lipinski definition) is 0. The minimum Gasteiger partial charge on any atom is -0.360 e. The average molecular weight is 253 g/mol. The van der Waals surface area contributed by atoms with Crippen molar-refractivity contribution in [3.8, 4) is 0 Å². The van der Waals surface area contributed by atoms with Crippen molar-refractivity contribution in [1.29, 1.82) is 0 Å². The van der Waals surface area contributed by atoms with Crippen LogP contribution in [0.1, 0.15) is 11.7 Å². The summed E-state index contributed by atoms with van der Waals surface area (Å²) in [6.45, 7) is 6.97. The van der Waals surface area contributed by atoms with Gasteiger partial charge >= 0.3 is 0 Å². The molecule has 0 saturated carbocycles. The number of benzene rings is 1. The molecule has 1 fully saturated rings. The molecular formula is C13H17ClOSi. The van der Waals surface area contributed by atoms with Gasteiger partial charge in [-0.05, 0) is 17.7 Å². The highest BCUT2D eigenvalue weighted by atomic mass is 35.5. The van der Waals surface area contributed by atoms with Gasteiger partial charge in [0.05, 0.1) is 8.07 Å². The van der Waals surface area contributed by atoms with Crippen molar-refractivity contribution in [3.05, 3.63) is 46.6 Å². The summed E-state index contributed by atoms with van der Waals surface area (Å²) in [5.41, 5.74) is 3.56. The zero-order valence-electron chi connectivity index (χ0n) is 9.91. The van der Waals surface area contributed by atoms with Gasteiger partial charge in [0.25, 0.3) is 0 Å². The highest BCUT2D eigenvalue weighted by Gasteiger charge is 2.37. The first-order chi connectivity index (χ1) is 7.46. The molecule has 0 aromatic heterocycles. The van der Waals surface area contributed by atoms with Crippen LogP contribution in [-0.2, 0) is 4.74 Å². The SMILES string of the molecule is C[Si](C)(C)/C=C/[C@H]1O[C@@H]1c1ccc(Cl)cc1. The molecule has 1 aromatic rings. The summed E-state index contributed by atoms with van der Waals surface area (Å²) in [4.78, 5) is 0. The first kappa shape index (κ1) is 11.9. The summed E-state index contributed by atoms with van der Waals surface area (Å²) in [6.07, 6.45) is 2.73. The average Bonchev–Trinajstić information content (AvgIpc) is 2.94. The van der Waals surface area contributed by atoms with Crippen LogP contribution < -0.4 is 0 Å². The van der Waals surface area contributed by atoms with E-state index in [9.17, 15) is 0 Å². The van der Waals surface area contributed by atoms with Crippen LogP contribution in [0, 0.1) is 0 Å². The third-order valence-corrected chi connectivity index (χ3v) is 3.95. The van der Waals surface area contributed by atoms with Crippen molar-refractivity contribution in [3.63, 3.8) is 0 Å². The highest BCUT2D eigenvalue weighted by molar-refractivity contribution is 6.80. The fraction of sp³-hybridized carbons (Fsp3) is 0.385. The van der Waals surface area contributed by atoms with Crippen LogP contribution in [0.3, 0.4) is 0 Å². The topological polar surface area (TPSA) is 12.5 Å². The largest absolute Gasteiger partial charge is 0.360 e. The number of halogens is 1. The Kier molecular flexibility index (Phi) is 3.24. The van der Waals surface area contributed by atoms with Gasteiger partial charge < -0.3 is 4.74 Å². The Labute approximate surface area is 103 Å². The molecule has 1 aromatic carbocycles. The number of ether oxygens (including phenoxy) is 1. The van der Waals surface area contributed by atoms with Crippen LogP contribution in [0.5, 0.6) is 0 Å². The predicted octanol–water partition coefficient (Wildman–Crippen LogP) is 4.21. The standard InChI is InChI=1S/C13H17ClOSi/c1-16(2,3)9-8-12-13(15-12)10-4-6-11(14)7-5-10/h4-9,12-13H,1-3H3/b9-8+/t12-,13-/m1/s1. The lowest BCUT2D eigenvalue weighted by Gasteiger charge is -2.07. The monoisotopic (exact) mass is 252 g/mol. The molecule has 2 atom stereocenters. The lowest BCUT2D eigenvalue weighted by Crippen LogP contribution is -2.15. The summed E-state index contributed by atoms with van der Waals surface area (Å²) in [6, 6.07) is 7.90. The maximum absolute atomic E-state index is 5.84. The summed E-state index contributed by atoms with van der Waals surface area (Å²) in [5.74, 6) is 0. The molecule has 2 rings (SSSR count). The Morgan fingerprint density at radius 3 is 2.38 bits per heavy atom. The Bertz CT molecular complexity index is 391. The van der Waals surface area contributed by atoms with E-state index in [1.165, 1.54) is 5.56 Å². The van der Waals surface area contributed by atoms with Gasteiger partial charge in [-0.25, -0.2) is 0 Å². The Morgan fingerprint density at radius 1 is 1.19 bits per heavy atom.